The summed E-state index contributed by atoms with van der Waals surface area (Å²) in [6.45, 7) is 2.48. The van der Waals surface area contributed by atoms with Gasteiger partial charge in [-0.3, -0.25) is 0 Å². The van der Waals surface area contributed by atoms with Gasteiger partial charge in [-0.1, -0.05) is 35.9 Å². The molecule has 20 heavy (non-hydrogen) atoms. The van der Waals surface area contributed by atoms with E-state index in [0.717, 1.165) is 35.9 Å². The fourth-order valence-corrected chi connectivity index (χ4v) is 2.17. The van der Waals surface area contributed by atoms with Crippen LogP contribution < -0.4 is 5.32 Å². The number of benzene rings is 2. The lowest BCUT2D eigenvalue weighted by molar-refractivity contribution is 0.340. The summed E-state index contributed by atoms with van der Waals surface area (Å²) in [6, 6.07) is 14.3. The summed E-state index contributed by atoms with van der Waals surface area (Å²) < 4.78 is 12.8. The van der Waals surface area contributed by atoms with Crippen LogP contribution in [0.3, 0.4) is 0 Å². The second-order valence-electron chi connectivity index (χ2n) is 4.77. The van der Waals surface area contributed by atoms with Crippen molar-refractivity contribution in [1.29, 1.82) is 0 Å². The summed E-state index contributed by atoms with van der Waals surface area (Å²) in [5, 5.41) is 4.04. The lowest BCUT2D eigenvalue weighted by Crippen LogP contribution is -2.24. The van der Waals surface area contributed by atoms with Gasteiger partial charge in [0.1, 0.15) is 5.82 Å². The Morgan fingerprint density at radius 1 is 1.10 bits per heavy atom. The van der Waals surface area contributed by atoms with Gasteiger partial charge in [0.05, 0.1) is 10.7 Å². The molecule has 0 saturated carbocycles. The highest BCUT2D eigenvalue weighted by atomic mass is 35.5. The van der Waals surface area contributed by atoms with Crippen LogP contribution in [0, 0.1) is 5.82 Å². The molecule has 2 rings (SSSR count). The third-order valence-electron chi connectivity index (χ3n) is 3.05. The maximum atomic E-state index is 12.8. The van der Waals surface area contributed by atoms with E-state index in [-0.39, 0.29) is 5.82 Å². The number of para-hydroxylation sites is 1. The first-order valence-corrected chi connectivity index (χ1v) is 6.94. The van der Waals surface area contributed by atoms with Crippen molar-refractivity contribution in [2.24, 2.45) is 0 Å². The van der Waals surface area contributed by atoms with Gasteiger partial charge < -0.3 is 10.2 Å². The molecule has 0 radical (unpaired) electrons. The fourth-order valence-electron chi connectivity index (χ4n) is 1.97. The molecule has 0 atom stereocenters. The van der Waals surface area contributed by atoms with E-state index in [1.807, 2.05) is 43.4 Å². The number of halogens is 2. The van der Waals surface area contributed by atoms with Crippen molar-refractivity contribution in [1.82, 2.24) is 4.90 Å². The van der Waals surface area contributed by atoms with Crippen molar-refractivity contribution in [2.45, 2.75) is 6.54 Å². The highest BCUT2D eigenvalue weighted by molar-refractivity contribution is 6.33. The monoisotopic (exact) mass is 292 g/mol. The smallest absolute Gasteiger partial charge is 0.123 e. The van der Waals surface area contributed by atoms with Gasteiger partial charge in [0.2, 0.25) is 0 Å². The van der Waals surface area contributed by atoms with Crippen LogP contribution in [-0.4, -0.2) is 25.0 Å². The molecule has 0 aliphatic carbocycles. The van der Waals surface area contributed by atoms with E-state index in [2.05, 4.69) is 10.2 Å². The Kier molecular flexibility index (Phi) is 5.39. The Labute approximate surface area is 124 Å². The number of hydrogen-bond donors (Lipinski definition) is 1. The van der Waals surface area contributed by atoms with Crippen LogP contribution >= 0.6 is 11.6 Å². The highest BCUT2D eigenvalue weighted by Crippen LogP contribution is 2.19. The Morgan fingerprint density at radius 3 is 2.50 bits per heavy atom. The Bertz CT molecular complexity index is 542. The molecule has 0 bridgehead atoms. The van der Waals surface area contributed by atoms with Gasteiger partial charge in [-0.15, -0.1) is 0 Å². The normalized spacial score (nSPS) is 10.8. The Morgan fingerprint density at radius 2 is 1.80 bits per heavy atom. The Hall–Kier alpha value is -1.58. The van der Waals surface area contributed by atoms with Crippen molar-refractivity contribution in [3.05, 3.63) is 64.9 Å². The molecular weight excluding hydrogens is 275 g/mol. The van der Waals surface area contributed by atoms with Gasteiger partial charge in [0.25, 0.3) is 0 Å². The Balaban J connectivity index is 1.76. The zero-order valence-corrected chi connectivity index (χ0v) is 12.2. The standard InChI is InChI=1S/C16H18ClFN2/c1-20(12-13-6-8-14(18)9-7-13)11-10-19-16-5-3-2-4-15(16)17/h2-9,19H,10-12H2,1H3. The van der Waals surface area contributed by atoms with Gasteiger partial charge in [-0.25, -0.2) is 4.39 Å². The zero-order chi connectivity index (χ0) is 14.4. The van der Waals surface area contributed by atoms with Crippen LogP contribution in [0.2, 0.25) is 5.02 Å². The molecule has 2 nitrogen and oxygen atoms in total. The molecule has 0 aliphatic heterocycles. The molecule has 0 aliphatic rings. The zero-order valence-electron chi connectivity index (χ0n) is 11.4. The van der Waals surface area contributed by atoms with Gasteiger partial charge in [0, 0.05) is 19.6 Å². The minimum absolute atomic E-state index is 0.197. The number of likely N-dealkylation sites (N-methyl/N-ethyl adjacent to an activating group) is 1. The molecule has 1 N–H and O–H groups in total. The SMILES string of the molecule is CN(CCNc1ccccc1Cl)Cc1ccc(F)cc1. The second-order valence-corrected chi connectivity index (χ2v) is 5.18. The van der Waals surface area contributed by atoms with E-state index in [4.69, 9.17) is 11.6 Å². The number of nitrogens with one attached hydrogen (secondary N) is 1. The van der Waals surface area contributed by atoms with Crippen LogP contribution in [0.1, 0.15) is 5.56 Å². The number of rotatable bonds is 6. The molecule has 0 aromatic heterocycles. The summed E-state index contributed by atoms with van der Waals surface area (Å²) >= 11 is 6.07. The maximum absolute atomic E-state index is 12.8. The third-order valence-corrected chi connectivity index (χ3v) is 3.38. The quantitative estimate of drug-likeness (QED) is 0.865. The fraction of sp³-hybridized carbons (Fsp3) is 0.250. The van der Waals surface area contributed by atoms with Crippen molar-refractivity contribution in [3.8, 4) is 0 Å². The van der Waals surface area contributed by atoms with Crippen molar-refractivity contribution >= 4 is 17.3 Å². The summed E-state index contributed by atoms with van der Waals surface area (Å²) in [4.78, 5) is 2.18. The summed E-state index contributed by atoms with van der Waals surface area (Å²) in [5.74, 6) is -0.197. The van der Waals surface area contributed by atoms with Crippen LogP contribution in [0.25, 0.3) is 0 Å². The van der Waals surface area contributed by atoms with Crippen LogP contribution in [-0.2, 0) is 6.54 Å². The van der Waals surface area contributed by atoms with Crippen molar-refractivity contribution in [3.63, 3.8) is 0 Å². The molecule has 0 fully saturated rings. The number of hydrogen-bond acceptors (Lipinski definition) is 2. The van der Waals surface area contributed by atoms with E-state index in [1.165, 1.54) is 12.1 Å². The molecule has 0 amide bonds. The maximum Gasteiger partial charge on any atom is 0.123 e. The molecule has 0 unspecified atom stereocenters. The van der Waals surface area contributed by atoms with Gasteiger partial charge in [-0.2, -0.15) is 0 Å². The first-order valence-electron chi connectivity index (χ1n) is 6.56. The second kappa shape index (κ2) is 7.27. The van der Waals surface area contributed by atoms with E-state index in [1.54, 1.807) is 0 Å². The lowest BCUT2D eigenvalue weighted by Gasteiger charge is -2.17. The molecule has 106 valence electrons. The predicted molar refractivity (Wildman–Crippen MR) is 82.7 cm³/mol. The lowest BCUT2D eigenvalue weighted by atomic mass is 10.2. The summed E-state index contributed by atoms with van der Waals surface area (Å²) in [6.07, 6.45) is 0. The largest absolute Gasteiger partial charge is 0.383 e. The van der Waals surface area contributed by atoms with Crippen molar-refractivity contribution in [2.75, 3.05) is 25.5 Å². The first kappa shape index (κ1) is 14.8. The number of nitrogens with zero attached hydrogens (tertiary/aromatic N) is 1. The van der Waals surface area contributed by atoms with Gasteiger partial charge in [0.15, 0.2) is 0 Å². The minimum Gasteiger partial charge on any atom is -0.383 e. The summed E-state index contributed by atoms with van der Waals surface area (Å²) in [7, 11) is 2.04. The van der Waals surface area contributed by atoms with Crippen LogP contribution in [0.15, 0.2) is 48.5 Å². The predicted octanol–water partition coefficient (Wildman–Crippen LogP) is 4.02. The van der Waals surface area contributed by atoms with E-state index in [9.17, 15) is 4.39 Å². The molecular formula is C16H18ClFN2. The van der Waals surface area contributed by atoms with Gasteiger partial charge >= 0.3 is 0 Å². The van der Waals surface area contributed by atoms with E-state index >= 15 is 0 Å². The third kappa shape index (κ3) is 4.51. The molecule has 2 aromatic carbocycles. The minimum atomic E-state index is -0.197. The summed E-state index contributed by atoms with van der Waals surface area (Å²) in [5.41, 5.74) is 2.05. The average Bonchev–Trinajstić information content (AvgIpc) is 2.43. The average molecular weight is 293 g/mol. The van der Waals surface area contributed by atoms with E-state index < -0.39 is 0 Å². The topological polar surface area (TPSA) is 15.3 Å². The van der Waals surface area contributed by atoms with Crippen LogP contribution in [0.5, 0.6) is 0 Å². The molecule has 0 saturated heterocycles. The molecule has 0 spiro atoms. The van der Waals surface area contributed by atoms with Gasteiger partial charge in [-0.05, 0) is 36.9 Å². The molecule has 0 heterocycles. The first-order chi connectivity index (χ1) is 9.65. The molecule has 2 aromatic rings. The highest BCUT2D eigenvalue weighted by Gasteiger charge is 2.02. The van der Waals surface area contributed by atoms with Crippen molar-refractivity contribution < 1.29 is 4.39 Å². The van der Waals surface area contributed by atoms with Crippen LogP contribution in [0.4, 0.5) is 10.1 Å². The number of anilines is 1. The van der Waals surface area contributed by atoms with E-state index in [0.29, 0.717) is 0 Å². The molecule has 4 heteroatoms.